The summed E-state index contributed by atoms with van der Waals surface area (Å²) in [5.74, 6) is -2.03. The first-order valence-corrected chi connectivity index (χ1v) is 5.25. The van der Waals surface area contributed by atoms with Crippen molar-refractivity contribution < 1.29 is 8.78 Å². The third-order valence-corrected chi connectivity index (χ3v) is 2.21. The topological polar surface area (TPSA) is 12.9 Å². The fourth-order valence-corrected chi connectivity index (χ4v) is 1.44. The van der Waals surface area contributed by atoms with Crippen molar-refractivity contribution in [1.82, 2.24) is 4.98 Å². The smallest absolute Gasteiger partial charge is 0.255 e. The van der Waals surface area contributed by atoms with E-state index in [1.54, 1.807) is 17.8 Å². The van der Waals surface area contributed by atoms with Gasteiger partial charge in [-0.3, -0.25) is 4.98 Å². The molecule has 0 aliphatic carbocycles. The summed E-state index contributed by atoms with van der Waals surface area (Å²) in [5, 5.41) is 0. The lowest BCUT2D eigenvalue weighted by Crippen LogP contribution is -2.09. The van der Waals surface area contributed by atoms with Crippen LogP contribution in [0.5, 0.6) is 0 Å². The standard InChI is InChI=1S/C9H11F2NS/c1-9(10,11)8-4-3-7(5-12-8)6-13-2/h3-5H,6H2,1-2H3. The number of hydrogen-bond donors (Lipinski definition) is 0. The Labute approximate surface area is 80.6 Å². The Morgan fingerprint density at radius 1 is 1.46 bits per heavy atom. The molecule has 13 heavy (non-hydrogen) atoms. The van der Waals surface area contributed by atoms with Gasteiger partial charge in [0.1, 0.15) is 5.69 Å². The molecule has 1 nitrogen and oxygen atoms in total. The van der Waals surface area contributed by atoms with Crippen molar-refractivity contribution in [2.24, 2.45) is 0 Å². The average molecular weight is 203 g/mol. The maximum absolute atomic E-state index is 12.7. The molecule has 0 aliphatic heterocycles. The normalized spacial score (nSPS) is 11.7. The number of halogens is 2. The molecule has 1 rings (SSSR count). The van der Waals surface area contributed by atoms with Crippen molar-refractivity contribution in [2.75, 3.05) is 6.26 Å². The molecule has 1 aromatic rings. The molecule has 0 saturated heterocycles. The van der Waals surface area contributed by atoms with Gasteiger partial charge in [-0.1, -0.05) is 6.07 Å². The van der Waals surface area contributed by atoms with Crippen molar-refractivity contribution in [2.45, 2.75) is 18.6 Å². The minimum absolute atomic E-state index is 0.169. The molecule has 0 bridgehead atoms. The van der Waals surface area contributed by atoms with Crippen LogP contribution >= 0.6 is 11.8 Å². The molecule has 1 aromatic heterocycles. The number of hydrogen-bond acceptors (Lipinski definition) is 2. The van der Waals surface area contributed by atoms with Crippen LogP contribution in [0, 0.1) is 0 Å². The maximum atomic E-state index is 12.7. The molecule has 0 N–H and O–H groups in total. The Kier molecular flexibility index (Phi) is 3.25. The zero-order valence-corrected chi connectivity index (χ0v) is 8.37. The monoisotopic (exact) mass is 203 g/mol. The number of thioether (sulfide) groups is 1. The maximum Gasteiger partial charge on any atom is 0.286 e. The fraction of sp³-hybridized carbons (Fsp3) is 0.444. The van der Waals surface area contributed by atoms with Crippen molar-refractivity contribution in [1.29, 1.82) is 0 Å². The molecule has 0 unspecified atom stereocenters. The second-order valence-corrected chi connectivity index (χ2v) is 3.74. The number of aromatic nitrogens is 1. The van der Waals surface area contributed by atoms with Crippen LogP contribution in [0.25, 0.3) is 0 Å². The van der Waals surface area contributed by atoms with Gasteiger partial charge in [-0.2, -0.15) is 20.5 Å². The minimum Gasteiger partial charge on any atom is -0.255 e. The molecule has 0 amide bonds. The molecule has 0 spiro atoms. The summed E-state index contributed by atoms with van der Waals surface area (Å²) >= 11 is 1.64. The lowest BCUT2D eigenvalue weighted by atomic mass is 10.2. The van der Waals surface area contributed by atoms with Crippen LogP contribution in [0.2, 0.25) is 0 Å². The van der Waals surface area contributed by atoms with Gasteiger partial charge in [0.15, 0.2) is 0 Å². The third kappa shape index (κ3) is 2.95. The van der Waals surface area contributed by atoms with Crippen molar-refractivity contribution >= 4 is 11.8 Å². The number of rotatable bonds is 3. The molecule has 0 aliphatic rings. The Morgan fingerprint density at radius 2 is 2.15 bits per heavy atom. The van der Waals surface area contributed by atoms with E-state index in [-0.39, 0.29) is 5.69 Å². The van der Waals surface area contributed by atoms with Crippen LogP contribution in [-0.4, -0.2) is 11.2 Å². The zero-order chi connectivity index (χ0) is 9.90. The van der Waals surface area contributed by atoms with Crippen LogP contribution < -0.4 is 0 Å². The highest BCUT2D eigenvalue weighted by molar-refractivity contribution is 7.97. The van der Waals surface area contributed by atoms with E-state index in [4.69, 9.17) is 0 Å². The van der Waals surface area contributed by atoms with Crippen LogP contribution in [-0.2, 0) is 11.7 Å². The Balaban J connectivity index is 2.81. The molecule has 0 fully saturated rings. The Bertz CT molecular complexity index is 266. The highest BCUT2D eigenvalue weighted by atomic mass is 32.2. The van der Waals surface area contributed by atoms with Gasteiger partial charge in [0.05, 0.1) is 0 Å². The van der Waals surface area contributed by atoms with Crippen molar-refractivity contribution in [3.05, 3.63) is 29.6 Å². The Hall–Kier alpha value is -0.640. The first kappa shape index (κ1) is 10.4. The lowest BCUT2D eigenvalue weighted by molar-refractivity contribution is 0.0127. The summed E-state index contributed by atoms with van der Waals surface area (Å²) in [5.41, 5.74) is 0.804. The summed E-state index contributed by atoms with van der Waals surface area (Å²) in [6, 6.07) is 3.07. The molecule has 72 valence electrons. The van der Waals surface area contributed by atoms with E-state index in [1.807, 2.05) is 6.26 Å². The summed E-state index contributed by atoms with van der Waals surface area (Å²) in [6.07, 6.45) is 3.46. The molecule has 1 heterocycles. The molecule has 0 aromatic carbocycles. The largest absolute Gasteiger partial charge is 0.286 e. The fourth-order valence-electron chi connectivity index (χ4n) is 0.936. The van der Waals surface area contributed by atoms with Gasteiger partial charge in [0, 0.05) is 18.9 Å². The van der Waals surface area contributed by atoms with Gasteiger partial charge in [-0.25, -0.2) is 0 Å². The minimum atomic E-state index is -2.84. The van der Waals surface area contributed by atoms with Crippen molar-refractivity contribution in [3.8, 4) is 0 Å². The first-order chi connectivity index (χ1) is 6.04. The van der Waals surface area contributed by atoms with E-state index in [0.717, 1.165) is 18.2 Å². The molecule has 4 heteroatoms. The summed E-state index contributed by atoms with van der Waals surface area (Å²) in [4.78, 5) is 3.71. The lowest BCUT2D eigenvalue weighted by Gasteiger charge is -2.09. The molecule has 0 saturated carbocycles. The zero-order valence-electron chi connectivity index (χ0n) is 7.55. The summed E-state index contributed by atoms with van der Waals surface area (Å²) in [6.45, 7) is 0.851. The highest BCUT2D eigenvalue weighted by Crippen LogP contribution is 2.24. The summed E-state index contributed by atoms with van der Waals surface area (Å²) in [7, 11) is 0. The van der Waals surface area contributed by atoms with Crippen molar-refractivity contribution in [3.63, 3.8) is 0 Å². The summed E-state index contributed by atoms with van der Waals surface area (Å²) < 4.78 is 25.4. The third-order valence-electron chi connectivity index (χ3n) is 1.59. The second kappa shape index (κ2) is 4.05. The van der Waals surface area contributed by atoms with Gasteiger partial charge >= 0.3 is 0 Å². The van der Waals surface area contributed by atoms with Crippen LogP contribution in [0.4, 0.5) is 8.78 Å². The molecular formula is C9H11F2NS. The Morgan fingerprint density at radius 3 is 2.54 bits per heavy atom. The number of pyridine rings is 1. The van der Waals surface area contributed by atoms with E-state index in [2.05, 4.69) is 4.98 Å². The van der Waals surface area contributed by atoms with Gasteiger partial charge < -0.3 is 0 Å². The molecule has 0 radical (unpaired) electrons. The predicted octanol–water partition coefficient (Wildman–Crippen LogP) is 3.06. The van der Waals surface area contributed by atoms with E-state index in [9.17, 15) is 8.78 Å². The molecular weight excluding hydrogens is 192 g/mol. The molecule has 0 atom stereocenters. The van der Waals surface area contributed by atoms with Crippen LogP contribution in [0.3, 0.4) is 0 Å². The van der Waals surface area contributed by atoms with E-state index in [0.29, 0.717) is 0 Å². The second-order valence-electron chi connectivity index (χ2n) is 2.87. The average Bonchev–Trinajstić information content (AvgIpc) is 2.04. The van der Waals surface area contributed by atoms with E-state index in [1.165, 1.54) is 12.3 Å². The van der Waals surface area contributed by atoms with Gasteiger partial charge in [-0.15, -0.1) is 0 Å². The van der Waals surface area contributed by atoms with E-state index < -0.39 is 5.92 Å². The SMILES string of the molecule is CSCc1ccc(C(C)(F)F)nc1. The van der Waals surface area contributed by atoms with Crippen LogP contribution in [0.15, 0.2) is 18.3 Å². The van der Waals surface area contributed by atoms with E-state index >= 15 is 0 Å². The predicted molar refractivity (Wildman–Crippen MR) is 51.0 cm³/mol. The van der Waals surface area contributed by atoms with Gasteiger partial charge in [-0.05, 0) is 17.9 Å². The highest BCUT2D eigenvalue weighted by Gasteiger charge is 2.25. The number of alkyl halides is 2. The van der Waals surface area contributed by atoms with Crippen LogP contribution in [0.1, 0.15) is 18.2 Å². The first-order valence-electron chi connectivity index (χ1n) is 3.86. The van der Waals surface area contributed by atoms with Gasteiger partial charge in [0.25, 0.3) is 5.92 Å². The quantitative estimate of drug-likeness (QED) is 0.748. The number of nitrogens with zero attached hydrogens (tertiary/aromatic N) is 1. The van der Waals surface area contributed by atoms with Gasteiger partial charge in [0.2, 0.25) is 0 Å².